The number of anilines is 1. The minimum absolute atomic E-state index is 0.533. The van der Waals surface area contributed by atoms with Crippen LogP contribution in [0.2, 0.25) is 5.02 Å². The van der Waals surface area contributed by atoms with Crippen LogP contribution < -0.4 is 10.1 Å². The number of pyridine rings is 1. The lowest BCUT2D eigenvalue weighted by Crippen LogP contribution is -2.05. The highest BCUT2D eigenvalue weighted by Gasteiger charge is 2.07. The molecule has 0 fully saturated rings. The van der Waals surface area contributed by atoms with E-state index in [0.29, 0.717) is 18.2 Å². The van der Waals surface area contributed by atoms with Gasteiger partial charge in [-0.25, -0.2) is 4.98 Å². The van der Waals surface area contributed by atoms with Crippen molar-refractivity contribution in [3.63, 3.8) is 0 Å². The summed E-state index contributed by atoms with van der Waals surface area (Å²) in [5.41, 5.74) is 3.40. The summed E-state index contributed by atoms with van der Waals surface area (Å²) in [6.07, 6.45) is 1.76. The third kappa shape index (κ3) is 4.27. The van der Waals surface area contributed by atoms with Crippen LogP contribution in [-0.4, -0.2) is 4.98 Å². The Hall–Kier alpha value is -2.52. The Morgan fingerprint density at radius 1 is 1.00 bits per heavy atom. The number of nitrogens with zero attached hydrogens (tertiary/aromatic N) is 1. The minimum Gasteiger partial charge on any atom is -0.489 e. The normalized spacial score (nSPS) is 10.4. The number of benzene rings is 2. The molecule has 122 valence electrons. The van der Waals surface area contributed by atoms with E-state index in [9.17, 15) is 0 Å². The quantitative estimate of drug-likeness (QED) is 0.667. The fourth-order valence-corrected chi connectivity index (χ4v) is 2.60. The molecule has 0 spiro atoms. The second kappa shape index (κ2) is 7.84. The Morgan fingerprint density at radius 2 is 1.83 bits per heavy atom. The average Bonchev–Trinajstić information content (AvgIpc) is 2.61. The van der Waals surface area contributed by atoms with E-state index >= 15 is 0 Å². The first-order chi connectivity index (χ1) is 11.7. The summed E-state index contributed by atoms with van der Waals surface area (Å²) < 4.78 is 6.03. The molecule has 0 aliphatic heterocycles. The molecular formula is C20H19ClN2O. The molecule has 2 aromatic carbocycles. The molecule has 0 bridgehead atoms. The molecule has 0 amide bonds. The third-order valence-corrected chi connectivity index (χ3v) is 4.03. The van der Waals surface area contributed by atoms with Gasteiger partial charge in [0, 0.05) is 23.3 Å². The van der Waals surface area contributed by atoms with Crippen LogP contribution in [0.15, 0.2) is 66.9 Å². The minimum atomic E-state index is 0.533. The highest BCUT2D eigenvalue weighted by Crippen LogP contribution is 2.25. The highest BCUT2D eigenvalue weighted by molar-refractivity contribution is 6.30. The summed E-state index contributed by atoms with van der Waals surface area (Å²) >= 11 is 6.14. The SMILES string of the molecule is Cc1ccccc1COc1ccc(Cl)cc1CNc1ccccn1. The van der Waals surface area contributed by atoms with Crippen molar-refractivity contribution in [3.8, 4) is 5.75 Å². The molecule has 0 saturated carbocycles. The van der Waals surface area contributed by atoms with E-state index < -0.39 is 0 Å². The van der Waals surface area contributed by atoms with Gasteiger partial charge in [-0.05, 0) is 48.4 Å². The summed E-state index contributed by atoms with van der Waals surface area (Å²) in [5.74, 6) is 1.65. The van der Waals surface area contributed by atoms with Gasteiger partial charge in [-0.1, -0.05) is 41.9 Å². The molecule has 0 radical (unpaired) electrons. The zero-order chi connectivity index (χ0) is 16.8. The second-order valence-corrected chi connectivity index (χ2v) is 5.97. The average molecular weight is 339 g/mol. The van der Waals surface area contributed by atoms with Crippen LogP contribution >= 0.6 is 11.6 Å². The van der Waals surface area contributed by atoms with Crippen LogP contribution in [0.1, 0.15) is 16.7 Å². The first kappa shape index (κ1) is 16.3. The molecule has 1 aromatic heterocycles. The zero-order valence-corrected chi connectivity index (χ0v) is 14.3. The molecule has 24 heavy (non-hydrogen) atoms. The van der Waals surface area contributed by atoms with Gasteiger partial charge in [-0.2, -0.15) is 0 Å². The van der Waals surface area contributed by atoms with Crippen molar-refractivity contribution in [1.29, 1.82) is 0 Å². The van der Waals surface area contributed by atoms with Gasteiger partial charge in [-0.15, -0.1) is 0 Å². The van der Waals surface area contributed by atoms with Crippen molar-refractivity contribution < 1.29 is 4.74 Å². The Labute approximate surface area is 147 Å². The van der Waals surface area contributed by atoms with E-state index in [4.69, 9.17) is 16.3 Å². The lowest BCUT2D eigenvalue weighted by atomic mass is 10.1. The number of aromatic nitrogens is 1. The molecule has 0 aliphatic carbocycles. The lowest BCUT2D eigenvalue weighted by Gasteiger charge is -2.14. The number of rotatable bonds is 6. The first-order valence-electron chi connectivity index (χ1n) is 7.83. The predicted molar refractivity (Wildman–Crippen MR) is 98.5 cm³/mol. The van der Waals surface area contributed by atoms with Crippen LogP contribution in [0.25, 0.3) is 0 Å². The molecule has 3 nitrogen and oxygen atoms in total. The molecule has 3 rings (SSSR count). The summed E-state index contributed by atoms with van der Waals surface area (Å²) in [7, 11) is 0. The van der Waals surface area contributed by atoms with E-state index in [2.05, 4.69) is 29.4 Å². The summed E-state index contributed by atoms with van der Waals surface area (Å²) in [5, 5.41) is 3.98. The Morgan fingerprint density at radius 3 is 2.62 bits per heavy atom. The van der Waals surface area contributed by atoms with Gasteiger partial charge in [0.05, 0.1) is 0 Å². The van der Waals surface area contributed by atoms with Crippen LogP contribution in [0.3, 0.4) is 0 Å². The van der Waals surface area contributed by atoms with E-state index in [-0.39, 0.29) is 0 Å². The Kier molecular flexibility index (Phi) is 5.34. The maximum atomic E-state index is 6.14. The number of nitrogens with one attached hydrogen (secondary N) is 1. The highest BCUT2D eigenvalue weighted by atomic mass is 35.5. The first-order valence-corrected chi connectivity index (χ1v) is 8.21. The monoisotopic (exact) mass is 338 g/mol. The fourth-order valence-electron chi connectivity index (χ4n) is 2.41. The largest absolute Gasteiger partial charge is 0.489 e. The zero-order valence-electron chi connectivity index (χ0n) is 13.5. The van der Waals surface area contributed by atoms with Crippen molar-refractivity contribution in [1.82, 2.24) is 4.98 Å². The van der Waals surface area contributed by atoms with E-state index in [1.54, 1.807) is 6.20 Å². The summed E-state index contributed by atoms with van der Waals surface area (Å²) in [6, 6.07) is 19.7. The van der Waals surface area contributed by atoms with Crippen molar-refractivity contribution in [2.24, 2.45) is 0 Å². The topological polar surface area (TPSA) is 34.1 Å². The summed E-state index contributed by atoms with van der Waals surface area (Å²) in [6.45, 7) is 3.22. The van der Waals surface area contributed by atoms with Crippen LogP contribution in [0, 0.1) is 6.92 Å². The molecule has 0 aliphatic rings. The summed E-state index contributed by atoms with van der Waals surface area (Å²) in [4.78, 5) is 4.27. The third-order valence-electron chi connectivity index (χ3n) is 3.79. The van der Waals surface area contributed by atoms with Gasteiger partial charge in [0.2, 0.25) is 0 Å². The molecule has 1 N–H and O–H groups in total. The van der Waals surface area contributed by atoms with Gasteiger partial charge < -0.3 is 10.1 Å². The van der Waals surface area contributed by atoms with E-state index in [1.807, 2.05) is 48.5 Å². The predicted octanol–water partition coefficient (Wildman–Crippen LogP) is 5.23. The van der Waals surface area contributed by atoms with Crippen LogP contribution in [-0.2, 0) is 13.2 Å². The number of hydrogen-bond donors (Lipinski definition) is 1. The molecular weight excluding hydrogens is 320 g/mol. The molecule has 0 atom stereocenters. The van der Waals surface area contributed by atoms with Crippen molar-refractivity contribution in [2.75, 3.05) is 5.32 Å². The molecule has 0 saturated heterocycles. The number of halogens is 1. The smallest absolute Gasteiger partial charge is 0.126 e. The molecule has 1 heterocycles. The number of aryl methyl sites for hydroxylation is 1. The van der Waals surface area contributed by atoms with Crippen molar-refractivity contribution >= 4 is 17.4 Å². The Balaban J connectivity index is 1.72. The van der Waals surface area contributed by atoms with Gasteiger partial charge >= 0.3 is 0 Å². The number of ether oxygens (including phenoxy) is 1. The standard InChI is InChI=1S/C20H19ClN2O/c1-15-6-2-3-7-16(15)14-24-19-10-9-18(21)12-17(19)13-23-20-8-4-5-11-22-20/h2-12H,13-14H2,1H3,(H,22,23). The van der Waals surface area contributed by atoms with E-state index in [0.717, 1.165) is 17.1 Å². The van der Waals surface area contributed by atoms with Crippen molar-refractivity contribution in [2.45, 2.75) is 20.1 Å². The van der Waals surface area contributed by atoms with Gasteiger partial charge in [0.1, 0.15) is 18.2 Å². The van der Waals surface area contributed by atoms with Crippen molar-refractivity contribution in [3.05, 3.63) is 88.6 Å². The number of hydrogen-bond acceptors (Lipinski definition) is 3. The van der Waals surface area contributed by atoms with Gasteiger partial charge in [0.15, 0.2) is 0 Å². The Bertz CT molecular complexity index is 806. The van der Waals surface area contributed by atoms with E-state index in [1.165, 1.54) is 11.1 Å². The van der Waals surface area contributed by atoms with Crippen LogP contribution in [0.4, 0.5) is 5.82 Å². The van der Waals surface area contributed by atoms with Gasteiger partial charge in [0.25, 0.3) is 0 Å². The maximum absolute atomic E-state index is 6.14. The second-order valence-electron chi connectivity index (χ2n) is 5.54. The van der Waals surface area contributed by atoms with Gasteiger partial charge in [-0.3, -0.25) is 0 Å². The lowest BCUT2D eigenvalue weighted by molar-refractivity contribution is 0.302. The van der Waals surface area contributed by atoms with Crippen LogP contribution in [0.5, 0.6) is 5.75 Å². The fraction of sp³-hybridized carbons (Fsp3) is 0.150. The maximum Gasteiger partial charge on any atom is 0.126 e. The molecule has 3 aromatic rings. The molecule has 0 unspecified atom stereocenters. The molecule has 4 heteroatoms.